The highest BCUT2D eigenvalue weighted by Crippen LogP contribution is 2.19. The number of nitrogens with one attached hydrogen (secondary N) is 2. The van der Waals surface area contributed by atoms with Crippen molar-refractivity contribution in [2.45, 2.75) is 25.4 Å². The quantitative estimate of drug-likeness (QED) is 0.822. The zero-order chi connectivity index (χ0) is 18.7. The maximum atomic E-state index is 12.7. The lowest BCUT2D eigenvalue weighted by Gasteiger charge is -2.17. The molecule has 1 aromatic carbocycles. The molecule has 1 saturated carbocycles. The third kappa shape index (κ3) is 4.11. The fourth-order valence-electron chi connectivity index (χ4n) is 2.59. The van der Waals surface area contributed by atoms with Gasteiger partial charge in [-0.2, -0.15) is 0 Å². The first-order valence-electron chi connectivity index (χ1n) is 8.40. The highest BCUT2D eigenvalue weighted by Gasteiger charge is 2.25. The van der Waals surface area contributed by atoms with Crippen LogP contribution >= 0.6 is 0 Å². The first-order chi connectivity index (χ1) is 12.5. The number of ether oxygens (including phenoxy) is 1. The van der Waals surface area contributed by atoms with Crippen molar-refractivity contribution < 1.29 is 14.3 Å². The van der Waals surface area contributed by atoms with Crippen LogP contribution < -0.4 is 15.6 Å². The van der Waals surface area contributed by atoms with Gasteiger partial charge in [0, 0.05) is 25.8 Å². The number of aromatic amines is 1. The van der Waals surface area contributed by atoms with Gasteiger partial charge in [-0.05, 0) is 36.6 Å². The average molecular weight is 355 g/mol. The highest BCUT2D eigenvalue weighted by molar-refractivity contribution is 5.99. The van der Waals surface area contributed by atoms with Crippen LogP contribution in [-0.4, -0.2) is 41.9 Å². The Morgan fingerprint density at radius 3 is 2.77 bits per heavy atom. The number of pyridine rings is 1. The molecule has 0 spiro atoms. The SMILES string of the molecule is COc1cccc(CN(C)C(=O)c2cc(C(=O)NC3CC3)c[nH]c2=O)c1. The topological polar surface area (TPSA) is 91.5 Å². The molecule has 7 heteroatoms. The van der Waals surface area contributed by atoms with Gasteiger partial charge in [-0.3, -0.25) is 14.4 Å². The summed E-state index contributed by atoms with van der Waals surface area (Å²) in [6, 6.07) is 8.90. The van der Waals surface area contributed by atoms with Gasteiger partial charge in [0.1, 0.15) is 11.3 Å². The maximum Gasteiger partial charge on any atom is 0.260 e. The zero-order valence-electron chi connectivity index (χ0n) is 14.7. The van der Waals surface area contributed by atoms with E-state index in [4.69, 9.17) is 4.74 Å². The van der Waals surface area contributed by atoms with Crippen LogP contribution in [-0.2, 0) is 6.54 Å². The minimum absolute atomic E-state index is 0.0566. The Labute approximate surface area is 151 Å². The lowest BCUT2D eigenvalue weighted by molar-refractivity contribution is 0.0783. The third-order valence-corrected chi connectivity index (χ3v) is 4.21. The molecule has 1 fully saturated rings. The summed E-state index contributed by atoms with van der Waals surface area (Å²) >= 11 is 0. The number of carbonyl (C=O) groups is 2. The van der Waals surface area contributed by atoms with Crippen molar-refractivity contribution in [3.63, 3.8) is 0 Å². The van der Waals surface area contributed by atoms with Crippen LogP contribution in [0.15, 0.2) is 41.3 Å². The number of H-pyrrole nitrogens is 1. The molecule has 3 rings (SSSR count). The number of hydrogen-bond acceptors (Lipinski definition) is 4. The Hall–Kier alpha value is -3.09. The average Bonchev–Trinajstić information content (AvgIpc) is 3.45. The minimum atomic E-state index is -0.518. The van der Waals surface area contributed by atoms with Crippen molar-refractivity contribution in [2.75, 3.05) is 14.2 Å². The summed E-state index contributed by atoms with van der Waals surface area (Å²) < 4.78 is 5.18. The largest absolute Gasteiger partial charge is 0.497 e. The van der Waals surface area contributed by atoms with Crippen molar-refractivity contribution in [1.82, 2.24) is 15.2 Å². The van der Waals surface area contributed by atoms with Gasteiger partial charge in [-0.25, -0.2) is 0 Å². The van der Waals surface area contributed by atoms with Gasteiger partial charge < -0.3 is 19.9 Å². The van der Waals surface area contributed by atoms with E-state index in [2.05, 4.69) is 10.3 Å². The van der Waals surface area contributed by atoms with Crippen LogP contribution in [0.3, 0.4) is 0 Å². The Kier molecular flexibility index (Phi) is 5.06. The Morgan fingerprint density at radius 2 is 2.08 bits per heavy atom. The first-order valence-corrected chi connectivity index (χ1v) is 8.40. The van der Waals surface area contributed by atoms with Crippen LogP contribution in [0.1, 0.15) is 39.1 Å². The van der Waals surface area contributed by atoms with E-state index < -0.39 is 11.5 Å². The molecular weight excluding hydrogens is 334 g/mol. The molecule has 0 radical (unpaired) electrons. The molecule has 1 heterocycles. The second-order valence-electron chi connectivity index (χ2n) is 6.39. The summed E-state index contributed by atoms with van der Waals surface area (Å²) in [6.07, 6.45) is 3.26. The van der Waals surface area contributed by atoms with Crippen molar-refractivity contribution >= 4 is 11.8 Å². The molecule has 2 aromatic rings. The fraction of sp³-hybridized carbons (Fsp3) is 0.316. The van der Waals surface area contributed by atoms with E-state index in [1.165, 1.54) is 17.2 Å². The van der Waals surface area contributed by atoms with E-state index in [0.29, 0.717) is 12.3 Å². The smallest absolute Gasteiger partial charge is 0.260 e. The minimum Gasteiger partial charge on any atom is -0.497 e. The lowest BCUT2D eigenvalue weighted by atomic mass is 10.1. The second kappa shape index (κ2) is 7.43. The number of rotatable bonds is 6. The van der Waals surface area contributed by atoms with E-state index in [-0.39, 0.29) is 23.1 Å². The fourth-order valence-corrected chi connectivity index (χ4v) is 2.59. The molecule has 1 aromatic heterocycles. The molecule has 1 aliphatic carbocycles. The number of aromatic nitrogens is 1. The third-order valence-electron chi connectivity index (χ3n) is 4.21. The molecule has 0 unspecified atom stereocenters. The molecular formula is C19H21N3O4. The van der Waals surface area contributed by atoms with Crippen molar-refractivity contribution in [1.29, 1.82) is 0 Å². The van der Waals surface area contributed by atoms with Crippen LogP contribution in [0.4, 0.5) is 0 Å². The van der Waals surface area contributed by atoms with Crippen molar-refractivity contribution in [3.8, 4) is 5.75 Å². The molecule has 7 nitrogen and oxygen atoms in total. The maximum absolute atomic E-state index is 12.7. The molecule has 2 N–H and O–H groups in total. The first kappa shape index (κ1) is 17.7. The molecule has 1 aliphatic rings. The Balaban J connectivity index is 1.76. The van der Waals surface area contributed by atoms with Gasteiger partial charge >= 0.3 is 0 Å². The number of benzene rings is 1. The van der Waals surface area contributed by atoms with E-state index in [1.807, 2.05) is 24.3 Å². The zero-order valence-corrected chi connectivity index (χ0v) is 14.7. The number of nitrogens with zero attached hydrogens (tertiary/aromatic N) is 1. The van der Waals surface area contributed by atoms with Gasteiger partial charge in [-0.15, -0.1) is 0 Å². The van der Waals surface area contributed by atoms with Gasteiger partial charge in [0.05, 0.1) is 12.7 Å². The van der Waals surface area contributed by atoms with Crippen molar-refractivity contribution in [2.24, 2.45) is 0 Å². The number of carbonyl (C=O) groups excluding carboxylic acids is 2. The van der Waals surface area contributed by atoms with E-state index in [0.717, 1.165) is 18.4 Å². The Morgan fingerprint density at radius 1 is 1.31 bits per heavy atom. The number of hydrogen-bond donors (Lipinski definition) is 2. The summed E-state index contributed by atoms with van der Waals surface area (Å²) in [7, 11) is 3.18. The predicted molar refractivity (Wildman–Crippen MR) is 96.3 cm³/mol. The molecule has 0 bridgehead atoms. The van der Waals surface area contributed by atoms with E-state index in [1.54, 1.807) is 14.2 Å². The number of amides is 2. The normalized spacial score (nSPS) is 13.2. The van der Waals surface area contributed by atoms with Crippen molar-refractivity contribution in [3.05, 3.63) is 63.6 Å². The highest BCUT2D eigenvalue weighted by atomic mass is 16.5. The summed E-state index contributed by atoms with van der Waals surface area (Å²) in [5.41, 5.74) is 0.572. The molecule has 0 aliphatic heterocycles. The van der Waals surface area contributed by atoms with Crippen LogP contribution in [0.2, 0.25) is 0 Å². The lowest BCUT2D eigenvalue weighted by Crippen LogP contribution is -2.33. The molecule has 0 saturated heterocycles. The summed E-state index contributed by atoms with van der Waals surface area (Å²) in [5.74, 6) is -0.0386. The van der Waals surface area contributed by atoms with Gasteiger partial charge in [-0.1, -0.05) is 12.1 Å². The standard InChI is InChI=1S/C19H21N3O4/c1-22(11-12-4-3-5-15(8-12)26-2)19(25)16-9-13(10-20-18(16)24)17(23)21-14-6-7-14/h3-5,8-10,14H,6-7,11H2,1-2H3,(H,20,24)(H,21,23). The molecule has 136 valence electrons. The van der Waals surface area contributed by atoms with E-state index in [9.17, 15) is 14.4 Å². The van der Waals surface area contributed by atoms with Crippen LogP contribution in [0.5, 0.6) is 5.75 Å². The monoisotopic (exact) mass is 355 g/mol. The van der Waals surface area contributed by atoms with Gasteiger partial charge in [0.15, 0.2) is 0 Å². The van der Waals surface area contributed by atoms with Crippen LogP contribution in [0, 0.1) is 0 Å². The summed E-state index contributed by atoms with van der Waals surface area (Å²) in [6.45, 7) is 0.313. The molecule has 0 atom stereocenters. The number of methoxy groups -OCH3 is 1. The second-order valence-corrected chi connectivity index (χ2v) is 6.39. The Bertz CT molecular complexity index is 886. The van der Waals surface area contributed by atoms with Gasteiger partial charge in [0.2, 0.25) is 0 Å². The molecule has 2 amide bonds. The van der Waals surface area contributed by atoms with Crippen LogP contribution in [0.25, 0.3) is 0 Å². The van der Waals surface area contributed by atoms with Gasteiger partial charge in [0.25, 0.3) is 17.4 Å². The van der Waals surface area contributed by atoms with E-state index >= 15 is 0 Å². The predicted octanol–water partition coefficient (Wildman–Crippen LogP) is 1.55. The summed E-state index contributed by atoms with van der Waals surface area (Å²) in [5, 5.41) is 2.84. The summed E-state index contributed by atoms with van der Waals surface area (Å²) in [4.78, 5) is 40.8. The molecule has 26 heavy (non-hydrogen) atoms.